The van der Waals surface area contributed by atoms with Gasteiger partial charge in [-0.3, -0.25) is 9.59 Å². The van der Waals surface area contributed by atoms with Gasteiger partial charge < -0.3 is 20.2 Å². The fraction of sp³-hybridized carbons (Fsp3) is 0.842. The van der Waals surface area contributed by atoms with Gasteiger partial charge in [-0.15, -0.1) is 0 Å². The number of amides is 2. The van der Waals surface area contributed by atoms with E-state index < -0.39 is 5.60 Å². The first-order valence-corrected chi connectivity index (χ1v) is 9.83. The normalized spacial score (nSPS) is 34.3. The van der Waals surface area contributed by atoms with E-state index in [2.05, 4.69) is 22.7 Å². The average Bonchev–Trinajstić information content (AvgIpc) is 3.02. The summed E-state index contributed by atoms with van der Waals surface area (Å²) in [6, 6.07) is -0.148. The van der Waals surface area contributed by atoms with Gasteiger partial charge in [0.25, 0.3) is 5.91 Å². The van der Waals surface area contributed by atoms with Crippen LogP contribution in [0.25, 0.3) is 0 Å². The summed E-state index contributed by atoms with van der Waals surface area (Å²) in [6.07, 6.45) is 5.14. The molecule has 2 N–H and O–H groups in total. The van der Waals surface area contributed by atoms with E-state index in [1.165, 1.54) is 0 Å². The molecular weight excluding hydrogens is 334 g/mol. The van der Waals surface area contributed by atoms with Gasteiger partial charge in [0.2, 0.25) is 5.91 Å². The molecule has 2 atom stereocenters. The second-order valence-electron chi connectivity index (χ2n) is 8.36. The quantitative estimate of drug-likeness (QED) is 0.794. The van der Waals surface area contributed by atoms with Gasteiger partial charge in [-0.05, 0) is 51.9 Å². The molecule has 0 aromatic heterocycles. The molecule has 2 aliphatic heterocycles. The number of nitrogens with zero attached hydrogens (tertiary/aromatic N) is 1. The van der Waals surface area contributed by atoms with Crippen molar-refractivity contribution in [3.8, 4) is 0 Å². The van der Waals surface area contributed by atoms with Crippen molar-refractivity contribution in [3.05, 3.63) is 0 Å². The third-order valence-corrected chi connectivity index (χ3v) is 5.72. The molecule has 0 aromatic rings. The van der Waals surface area contributed by atoms with Crippen molar-refractivity contribution in [2.45, 2.75) is 77.0 Å². The summed E-state index contributed by atoms with van der Waals surface area (Å²) in [6.45, 7) is 6.96. The van der Waals surface area contributed by atoms with Crippen LogP contribution < -0.4 is 10.6 Å². The highest BCUT2D eigenvalue weighted by molar-refractivity contribution is 6.39. The van der Waals surface area contributed by atoms with E-state index in [4.69, 9.17) is 9.57 Å². The van der Waals surface area contributed by atoms with Crippen LogP contribution in [-0.4, -0.2) is 48.4 Å². The van der Waals surface area contributed by atoms with Crippen LogP contribution in [0.5, 0.6) is 0 Å². The van der Waals surface area contributed by atoms with Gasteiger partial charge in [-0.1, -0.05) is 12.1 Å². The van der Waals surface area contributed by atoms with Crippen molar-refractivity contribution in [2.24, 2.45) is 17.0 Å². The maximum Gasteiger partial charge on any atom is 0.269 e. The number of oxime groups is 1. The van der Waals surface area contributed by atoms with E-state index in [1.54, 1.807) is 0 Å². The Balaban J connectivity index is 1.62. The number of nitrogens with one attached hydrogen (secondary N) is 2. The Morgan fingerprint density at radius 3 is 2.62 bits per heavy atom. The standard InChI is InChI=1S/C19H31N3O4/c1-12(2)20-18(24)15-10-19(26-22-15)11-25-9-8-16(19)21-17(23)14-6-4-13(3)5-7-14/h12-14,16H,4-11H2,1-3H3,(H,20,24)(H,21,23). The van der Waals surface area contributed by atoms with Gasteiger partial charge in [0.1, 0.15) is 5.71 Å². The molecule has 1 saturated heterocycles. The number of hydrogen-bond acceptors (Lipinski definition) is 5. The molecule has 2 heterocycles. The Morgan fingerprint density at radius 1 is 1.19 bits per heavy atom. The van der Waals surface area contributed by atoms with Crippen molar-refractivity contribution in [3.63, 3.8) is 0 Å². The zero-order chi connectivity index (χ0) is 18.7. The number of hydrogen-bond donors (Lipinski definition) is 2. The maximum absolute atomic E-state index is 12.7. The topological polar surface area (TPSA) is 89.0 Å². The lowest BCUT2D eigenvalue weighted by molar-refractivity contribution is -0.145. The van der Waals surface area contributed by atoms with E-state index in [0.29, 0.717) is 37.7 Å². The minimum Gasteiger partial charge on any atom is -0.384 e. The van der Waals surface area contributed by atoms with Crippen molar-refractivity contribution in [1.29, 1.82) is 0 Å². The molecule has 0 aromatic carbocycles. The van der Waals surface area contributed by atoms with Crippen molar-refractivity contribution in [2.75, 3.05) is 13.2 Å². The van der Waals surface area contributed by atoms with E-state index in [-0.39, 0.29) is 29.8 Å². The molecule has 2 unspecified atom stereocenters. The van der Waals surface area contributed by atoms with E-state index >= 15 is 0 Å². The van der Waals surface area contributed by atoms with Gasteiger partial charge in [-0.2, -0.15) is 0 Å². The summed E-state index contributed by atoms with van der Waals surface area (Å²) >= 11 is 0. The summed E-state index contributed by atoms with van der Waals surface area (Å²) in [7, 11) is 0. The van der Waals surface area contributed by atoms with Gasteiger partial charge in [0, 0.05) is 25.0 Å². The molecule has 26 heavy (non-hydrogen) atoms. The van der Waals surface area contributed by atoms with Crippen LogP contribution in [0, 0.1) is 11.8 Å². The molecule has 2 amide bonds. The fourth-order valence-electron chi connectivity index (χ4n) is 4.05. The van der Waals surface area contributed by atoms with Crippen LogP contribution in [0.2, 0.25) is 0 Å². The zero-order valence-corrected chi connectivity index (χ0v) is 16.0. The Morgan fingerprint density at radius 2 is 1.92 bits per heavy atom. The summed E-state index contributed by atoms with van der Waals surface area (Å²) < 4.78 is 5.61. The molecule has 0 bridgehead atoms. The van der Waals surface area contributed by atoms with Crippen LogP contribution in [0.1, 0.15) is 59.3 Å². The average molecular weight is 365 g/mol. The molecule has 1 spiro atoms. The highest BCUT2D eigenvalue weighted by Gasteiger charge is 2.51. The Hall–Kier alpha value is -1.63. The Labute approximate surface area is 155 Å². The Kier molecular flexibility index (Phi) is 5.85. The molecule has 3 rings (SSSR count). The zero-order valence-electron chi connectivity index (χ0n) is 16.0. The van der Waals surface area contributed by atoms with Gasteiger partial charge in [-0.25, -0.2) is 0 Å². The lowest BCUT2D eigenvalue weighted by Gasteiger charge is -2.39. The molecule has 7 heteroatoms. The Bertz CT molecular complexity index is 569. The van der Waals surface area contributed by atoms with Crippen LogP contribution in [0.3, 0.4) is 0 Å². The lowest BCUT2D eigenvalue weighted by atomic mass is 9.81. The van der Waals surface area contributed by atoms with Crippen LogP contribution in [0.4, 0.5) is 0 Å². The fourth-order valence-corrected chi connectivity index (χ4v) is 4.05. The van der Waals surface area contributed by atoms with Crippen molar-refractivity contribution < 1.29 is 19.2 Å². The van der Waals surface area contributed by atoms with Gasteiger partial charge in [0.15, 0.2) is 5.60 Å². The predicted molar refractivity (Wildman–Crippen MR) is 97.6 cm³/mol. The molecule has 0 radical (unpaired) electrons. The third-order valence-electron chi connectivity index (χ3n) is 5.72. The number of ether oxygens (including phenoxy) is 1. The first kappa shape index (κ1) is 19.1. The SMILES string of the molecule is CC1CCC(C(=O)NC2CCOCC23CC(C(=O)NC(C)C)=NO3)CC1. The molecule has 146 valence electrons. The second kappa shape index (κ2) is 7.94. The molecule has 7 nitrogen and oxygen atoms in total. The third kappa shape index (κ3) is 4.19. The minimum atomic E-state index is -0.764. The van der Waals surface area contributed by atoms with Gasteiger partial charge in [0.05, 0.1) is 12.6 Å². The molecule has 2 fully saturated rings. The predicted octanol–water partition coefficient (Wildman–Crippen LogP) is 1.76. The molecule has 3 aliphatic rings. The summed E-state index contributed by atoms with van der Waals surface area (Å²) in [5.41, 5.74) is -0.394. The molecule has 1 aliphatic carbocycles. The lowest BCUT2D eigenvalue weighted by Crippen LogP contribution is -2.59. The van der Waals surface area contributed by atoms with E-state index in [1.807, 2.05) is 13.8 Å². The largest absolute Gasteiger partial charge is 0.384 e. The number of carbonyl (C=O) groups excluding carboxylic acids is 2. The maximum atomic E-state index is 12.7. The molecular formula is C19H31N3O4. The minimum absolute atomic E-state index is 0.0357. The number of rotatable bonds is 4. The number of carbonyl (C=O) groups is 2. The van der Waals surface area contributed by atoms with Crippen molar-refractivity contribution in [1.82, 2.24) is 10.6 Å². The van der Waals surface area contributed by atoms with Crippen molar-refractivity contribution >= 4 is 17.5 Å². The van der Waals surface area contributed by atoms with E-state index in [9.17, 15) is 9.59 Å². The smallest absolute Gasteiger partial charge is 0.269 e. The monoisotopic (exact) mass is 365 g/mol. The summed E-state index contributed by atoms with van der Waals surface area (Å²) in [5.74, 6) is 0.680. The molecule has 1 saturated carbocycles. The summed E-state index contributed by atoms with van der Waals surface area (Å²) in [4.78, 5) is 30.7. The highest BCUT2D eigenvalue weighted by atomic mass is 16.7. The van der Waals surface area contributed by atoms with Gasteiger partial charge >= 0.3 is 0 Å². The second-order valence-corrected chi connectivity index (χ2v) is 8.36. The van der Waals surface area contributed by atoms with Crippen LogP contribution >= 0.6 is 0 Å². The first-order chi connectivity index (χ1) is 12.4. The van der Waals surface area contributed by atoms with Crippen LogP contribution in [-0.2, 0) is 19.2 Å². The first-order valence-electron chi connectivity index (χ1n) is 9.83. The summed E-state index contributed by atoms with van der Waals surface area (Å²) in [5, 5.41) is 10.0. The highest BCUT2D eigenvalue weighted by Crippen LogP contribution is 2.34. The van der Waals surface area contributed by atoms with Crippen LogP contribution in [0.15, 0.2) is 5.16 Å². The van der Waals surface area contributed by atoms with E-state index in [0.717, 1.165) is 25.7 Å².